The molecule has 5 nitrogen and oxygen atoms in total. The second-order valence-corrected chi connectivity index (χ2v) is 10.2. The van der Waals surface area contributed by atoms with Gasteiger partial charge in [0.1, 0.15) is 5.82 Å². The molecule has 0 saturated heterocycles. The number of benzene rings is 1. The van der Waals surface area contributed by atoms with E-state index in [-0.39, 0.29) is 29.4 Å². The van der Waals surface area contributed by atoms with Crippen LogP contribution in [-0.2, 0) is 14.6 Å². The van der Waals surface area contributed by atoms with E-state index in [4.69, 9.17) is 11.6 Å². The summed E-state index contributed by atoms with van der Waals surface area (Å²) < 4.78 is 37.9. The van der Waals surface area contributed by atoms with Crippen LogP contribution < -0.4 is 5.32 Å². The van der Waals surface area contributed by atoms with Crippen molar-refractivity contribution in [2.75, 3.05) is 11.1 Å². The van der Waals surface area contributed by atoms with E-state index in [0.29, 0.717) is 9.47 Å². The number of anilines is 1. The van der Waals surface area contributed by atoms with Crippen molar-refractivity contribution in [1.82, 2.24) is 4.98 Å². The number of thiophene rings is 1. The molecular weight excluding hydrogens is 431 g/mol. The van der Waals surface area contributed by atoms with Crippen molar-refractivity contribution in [1.29, 1.82) is 0 Å². The Morgan fingerprint density at radius 1 is 1.19 bits per heavy atom. The highest BCUT2D eigenvalue weighted by molar-refractivity contribution is 7.91. The van der Waals surface area contributed by atoms with E-state index in [1.54, 1.807) is 6.07 Å². The number of nitrogens with zero attached hydrogens (tertiary/aromatic N) is 1. The molecule has 1 N–H and O–H groups in total. The van der Waals surface area contributed by atoms with Crippen molar-refractivity contribution in [3.8, 4) is 10.6 Å². The summed E-state index contributed by atoms with van der Waals surface area (Å²) in [6.07, 6.45) is 0.199. The molecule has 1 aromatic carbocycles. The minimum atomic E-state index is -3.55. The third-order valence-corrected chi connectivity index (χ3v) is 7.39. The lowest BCUT2D eigenvalue weighted by Crippen LogP contribution is -2.14. The number of halogens is 2. The first-order valence-electron chi connectivity index (χ1n) is 7.83. The molecule has 0 aliphatic rings. The SMILES string of the molecule is O=C(CCCS(=O)(=O)c1ccc(F)cc1)Nc1nc(-c2ccc(Cl)s2)cs1. The number of sulfone groups is 1. The van der Waals surface area contributed by atoms with Crippen molar-refractivity contribution in [3.63, 3.8) is 0 Å². The van der Waals surface area contributed by atoms with Gasteiger partial charge in [-0.3, -0.25) is 4.79 Å². The van der Waals surface area contributed by atoms with Gasteiger partial charge in [-0.25, -0.2) is 17.8 Å². The number of carbonyl (C=O) groups is 1. The van der Waals surface area contributed by atoms with Gasteiger partial charge in [0.2, 0.25) is 5.91 Å². The van der Waals surface area contributed by atoms with E-state index in [1.165, 1.54) is 34.8 Å². The lowest BCUT2D eigenvalue weighted by atomic mass is 10.3. The van der Waals surface area contributed by atoms with Gasteiger partial charge >= 0.3 is 0 Å². The molecule has 0 saturated carbocycles. The normalized spacial score (nSPS) is 11.5. The maximum atomic E-state index is 12.9. The van der Waals surface area contributed by atoms with Gasteiger partial charge in [-0.2, -0.15) is 0 Å². The third-order valence-electron chi connectivity index (χ3n) is 3.57. The summed E-state index contributed by atoms with van der Waals surface area (Å²) in [5.74, 6) is -1.00. The molecular formula is C17H14ClFN2O3S3. The van der Waals surface area contributed by atoms with Gasteiger partial charge in [0.15, 0.2) is 15.0 Å². The highest BCUT2D eigenvalue weighted by Gasteiger charge is 2.16. The molecule has 0 fully saturated rings. The first-order valence-corrected chi connectivity index (χ1v) is 11.6. The fraction of sp³-hybridized carbons (Fsp3) is 0.176. The van der Waals surface area contributed by atoms with E-state index in [0.717, 1.165) is 22.7 Å². The van der Waals surface area contributed by atoms with E-state index in [2.05, 4.69) is 10.3 Å². The fourth-order valence-electron chi connectivity index (χ4n) is 2.26. The largest absolute Gasteiger partial charge is 0.302 e. The van der Waals surface area contributed by atoms with Crippen LogP contribution in [-0.4, -0.2) is 25.1 Å². The Hall–Kier alpha value is -1.81. The molecule has 2 heterocycles. The van der Waals surface area contributed by atoms with Crippen LogP contribution in [0.3, 0.4) is 0 Å². The summed E-state index contributed by atoms with van der Waals surface area (Å²) in [6, 6.07) is 8.27. The fourth-order valence-corrected chi connectivity index (χ4v) is 5.38. The summed E-state index contributed by atoms with van der Waals surface area (Å²) in [5, 5.41) is 4.93. The molecule has 0 radical (unpaired) electrons. The standard InChI is InChI=1S/C17H14ClFN2O3S3/c18-15-8-7-14(26-15)13-10-25-17(20-13)21-16(22)2-1-9-27(23,24)12-5-3-11(19)4-6-12/h3-8,10H,1-2,9H2,(H,20,21,22). The number of nitrogens with one attached hydrogen (secondary N) is 1. The highest BCUT2D eigenvalue weighted by atomic mass is 35.5. The van der Waals surface area contributed by atoms with Crippen LogP contribution in [0.25, 0.3) is 10.6 Å². The zero-order valence-corrected chi connectivity index (χ0v) is 17.0. The molecule has 0 atom stereocenters. The third kappa shape index (κ3) is 5.35. The Morgan fingerprint density at radius 3 is 2.59 bits per heavy atom. The monoisotopic (exact) mass is 444 g/mol. The lowest BCUT2D eigenvalue weighted by molar-refractivity contribution is -0.116. The number of hydrogen-bond acceptors (Lipinski definition) is 6. The minimum Gasteiger partial charge on any atom is -0.302 e. The van der Waals surface area contributed by atoms with Crippen molar-refractivity contribution < 1.29 is 17.6 Å². The molecule has 0 spiro atoms. The van der Waals surface area contributed by atoms with Crippen LogP contribution in [0.15, 0.2) is 46.7 Å². The van der Waals surface area contributed by atoms with Crippen LogP contribution in [0.4, 0.5) is 9.52 Å². The Balaban J connectivity index is 1.51. The van der Waals surface area contributed by atoms with E-state index in [1.807, 2.05) is 11.4 Å². The summed E-state index contributed by atoms with van der Waals surface area (Å²) in [4.78, 5) is 17.3. The van der Waals surface area contributed by atoms with E-state index in [9.17, 15) is 17.6 Å². The number of carbonyl (C=O) groups excluding carboxylic acids is 1. The first-order chi connectivity index (χ1) is 12.8. The highest BCUT2D eigenvalue weighted by Crippen LogP contribution is 2.32. The van der Waals surface area contributed by atoms with Crippen LogP contribution in [0.5, 0.6) is 0 Å². The maximum absolute atomic E-state index is 12.9. The Kier molecular flexibility index (Phi) is 6.25. The van der Waals surface area contributed by atoms with Crippen LogP contribution in [0, 0.1) is 5.82 Å². The Morgan fingerprint density at radius 2 is 1.93 bits per heavy atom. The molecule has 10 heteroatoms. The van der Waals surface area contributed by atoms with Crippen molar-refractivity contribution in [2.45, 2.75) is 17.7 Å². The molecule has 0 aliphatic carbocycles. The number of thiazole rings is 1. The van der Waals surface area contributed by atoms with Crippen LogP contribution in [0.2, 0.25) is 4.34 Å². The van der Waals surface area contributed by atoms with Crippen LogP contribution in [0.1, 0.15) is 12.8 Å². The summed E-state index contributed by atoms with van der Waals surface area (Å²) >= 11 is 8.59. The maximum Gasteiger partial charge on any atom is 0.226 e. The van der Waals surface area contributed by atoms with E-state index < -0.39 is 15.7 Å². The van der Waals surface area contributed by atoms with Crippen molar-refractivity contribution in [2.24, 2.45) is 0 Å². The zero-order chi connectivity index (χ0) is 19.4. The number of rotatable bonds is 7. The average molecular weight is 445 g/mol. The summed E-state index contributed by atoms with van der Waals surface area (Å²) in [7, 11) is -3.55. The number of amides is 1. The van der Waals surface area contributed by atoms with Crippen molar-refractivity contribution >= 4 is 55.2 Å². The average Bonchev–Trinajstić information content (AvgIpc) is 3.24. The van der Waals surface area contributed by atoms with Gasteiger partial charge in [0, 0.05) is 11.8 Å². The molecule has 3 rings (SSSR count). The molecule has 27 heavy (non-hydrogen) atoms. The Labute approximate surface area is 168 Å². The van der Waals surface area contributed by atoms with Gasteiger partial charge in [-0.1, -0.05) is 11.6 Å². The van der Waals surface area contributed by atoms with Crippen molar-refractivity contribution in [3.05, 3.63) is 51.9 Å². The molecule has 2 aromatic heterocycles. The quantitative estimate of drug-likeness (QED) is 0.528. The topological polar surface area (TPSA) is 76.1 Å². The molecule has 142 valence electrons. The van der Waals surface area contributed by atoms with Gasteiger partial charge in [-0.05, 0) is 42.8 Å². The molecule has 0 aliphatic heterocycles. The molecule has 0 bridgehead atoms. The zero-order valence-electron chi connectivity index (χ0n) is 13.8. The van der Waals surface area contributed by atoms with Crippen LogP contribution >= 0.6 is 34.3 Å². The first kappa shape index (κ1) is 19.9. The van der Waals surface area contributed by atoms with Gasteiger partial charge in [0.25, 0.3) is 0 Å². The minimum absolute atomic E-state index is 0.0418. The molecule has 3 aromatic rings. The number of aromatic nitrogens is 1. The second-order valence-electron chi connectivity index (χ2n) is 5.57. The molecule has 0 unspecified atom stereocenters. The second kappa shape index (κ2) is 8.47. The number of hydrogen-bond donors (Lipinski definition) is 1. The Bertz CT molecular complexity index is 1050. The molecule has 1 amide bonds. The van der Waals surface area contributed by atoms with Gasteiger partial charge in [-0.15, -0.1) is 22.7 Å². The van der Waals surface area contributed by atoms with Gasteiger partial charge < -0.3 is 5.32 Å². The summed E-state index contributed by atoms with van der Waals surface area (Å²) in [6.45, 7) is 0. The predicted molar refractivity (Wildman–Crippen MR) is 107 cm³/mol. The smallest absolute Gasteiger partial charge is 0.226 e. The van der Waals surface area contributed by atoms with Gasteiger partial charge in [0.05, 0.1) is 25.6 Å². The van der Waals surface area contributed by atoms with E-state index >= 15 is 0 Å². The predicted octanol–water partition coefficient (Wildman–Crippen LogP) is 4.86. The summed E-state index contributed by atoms with van der Waals surface area (Å²) in [5.41, 5.74) is 0.728. The lowest BCUT2D eigenvalue weighted by Gasteiger charge is -2.05.